The Labute approximate surface area is 86.8 Å². The summed E-state index contributed by atoms with van der Waals surface area (Å²) in [5.41, 5.74) is 19.4. The topological polar surface area (TPSA) is 97.5 Å². The molecule has 0 saturated heterocycles. The summed E-state index contributed by atoms with van der Waals surface area (Å²) in [6, 6.07) is 5.68. The first-order valence-corrected chi connectivity index (χ1v) is 4.38. The van der Waals surface area contributed by atoms with Gasteiger partial charge in [0.25, 0.3) is 0 Å². The normalized spacial score (nSPS) is 8.87. The first-order chi connectivity index (χ1) is 7.29. The van der Waals surface area contributed by atoms with E-state index in [0.29, 0.717) is 6.54 Å². The van der Waals surface area contributed by atoms with E-state index in [4.69, 9.17) is 11.1 Å². The number of benzene rings is 1. The van der Waals surface area contributed by atoms with E-state index in [9.17, 15) is 0 Å². The summed E-state index contributed by atoms with van der Waals surface area (Å²) in [5.74, 6) is 0. The molecule has 0 heterocycles. The summed E-state index contributed by atoms with van der Waals surface area (Å²) in [6.45, 7) is 2.51. The van der Waals surface area contributed by atoms with Crippen molar-refractivity contribution >= 4 is 0 Å². The molecule has 0 aliphatic carbocycles. The Bertz CT molecular complexity index is 440. The number of azide groups is 2. The molecule has 1 aromatic carbocycles. The maximum Gasteiger partial charge on any atom is 0.0516 e. The van der Waals surface area contributed by atoms with Crippen LogP contribution in [0.1, 0.15) is 16.7 Å². The van der Waals surface area contributed by atoms with Gasteiger partial charge in [0.2, 0.25) is 0 Å². The van der Waals surface area contributed by atoms with Gasteiger partial charge in [0.05, 0.1) is 13.1 Å². The number of rotatable bonds is 4. The third kappa shape index (κ3) is 2.91. The summed E-state index contributed by atoms with van der Waals surface area (Å²) in [5, 5.41) is 7.02. The lowest BCUT2D eigenvalue weighted by atomic mass is 10.0. The highest BCUT2D eigenvalue weighted by molar-refractivity contribution is 5.34. The van der Waals surface area contributed by atoms with E-state index in [-0.39, 0.29) is 6.54 Å². The average Bonchev–Trinajstić information content (AvgIpc) is 2.25. The highest BCUT2D eigenvalue weighted by Gasteiger charge is 2.02. The van der Waals surface area contributed by atoms with Crippen molar-refractivity contribution in [2.24, 2.45) is 10.2 Å². The van der Waals surface area contributed by atoms with E-state index in [2.05, 4.69) is 20.1 Å². The van der Waals surface area contributed by atoms with Gasteiger partial charge in [-0.2, -0.15) is 0 Å². The van der Waals surface area contributed by atoms with Gasteiger partial charge in [-0.3, -0.25) is 0 Å². The van der Waals surface area contributed by atoms with Gasteiger partial charge < -0.3 is 0 Å². The predicted octanol–water partition coefficient (Wildman–Crippen LogP) is 3.62. The van der Waals surface area contributed by atoms with Gasteiger partial charge in [-0.1, -0.05) is 28.4 Å². The third-order valence-electron chi connectivity index (χ3n) is 2.10. The second kappa shape index (κ2) is 5.54. The van der Waals surface area contributed by atoms with Crippen LogP contribution in [0.5, 0.6) is 0 Å². The molecule has 6 heteroatoms. The molecule has 0 aromatic heterocycles. The smallest absolute Gasteiger partial charge is 0.0516 e. The number of hydrogen-bond acceptors (Lipinski definition) is 2. The molecule has 0 saturated carbocycles. The molecule has 0 N–H and O–H groups in total. The Morgan fingerprint density at radius 3 is 2.47 bits per heavy atom. The van der Waals surface area contributed by atoms with Crippen molar-refractivity contribution in [3.63, 3.8) is 0 Å². The second-order valence-corrected chi connectivity index (χ2v) is 2.99. The fourth-order valence-corrected chi connectivity index (χ4v) is 1.35. The number of nitrogens with zero attached hydrogens (tertiary/aromatic N) is 6. The zero-order chi connectivity index (χ0) is 11.1. The van der Waals surface area contributed by atoms with Crippen molar-refractivity contribution in [2.75, 3.05) is 0 Å². The van der Waals surface area contributed by atoms with Gasteiger partial charge in [-0.25, -0.2) is 0 Å². The van der Waals surface area contributed by atoms with Crippen LogP contribution in [0.25, 0.3) is 20.9 Å². The zero-order valence-electron chi connectivity index (χ0n) is 8.33. The average molecular weight is 202 g/mol. The quantitative estimate of drug-likeness (QED) is 0.404. The van der Waals surface area contributed by atoms with Crippen LogP contribution >= 0.6 is 0 Å². The molecule has 1 aromatic rings. The Hall–Kier alpha value is -2.16. The predicted molar refractivity (Wildman–Crippen MR) is 56.9 cm³/mol. The molecular formula is C9H10N6. The monoisotopic (exact) mass is 202 g/mol. The fourth-order valence-electron chi connectivity index (χ4n) is 1.35. The summed E-state index contributed by atoms with van der Waals surface area (Å²) in [7, 11) is 0. The third-order valence-corrected chi connectivity index (χ3v) is 2.10. The van der Waals surface area contributed by atoms with Gasteiger partial charge >= 0.3 is 0 Å². The molecule has 0 bridgehead atoms. The van der Waals surface area contributed by atoms with Crippen LogP contribution < -0.4 is 0 Å². The van der Waals surface area contributed by atoms with Gasteiger partial charge in [-0.05, 0) is 34.7 Å². The van der Waals surface area contributed by atoms with E-state index in [1.54, 1.807) is 0 Å². The highest BCUT2D eigenvalue weighted by atomic mass is 15.1. The minimum Gasteiger partial charge on any atom is -0.0893 e. The van der Waals surface area contributed by atoms with Crippen LogP contribution in [-0.2, 0) is 13.1 Å². The molecule has 6 nitrogen and oxygen atoms in total. The lowest BCUT2D eigenvalue weighted by molar-refractivity contribution is 0.950. The molecule has 0 aliphatic heterocycles. The van der Waals surface area contributed by atoms with Crippen molar-refractivity contribution < 1.29 is 0 Å². The van der Waals surface area contributed by atoms with E-state index >= 15 is 0 Å². The van der Waals surface area contributed by atoms with E-state index in [1.807, 2.05) is 25.1 Å². The summed E-state index contributed by atoms with van der Waals surface area (Å²) < 4.78 is 0. The van der Waals surface area contributed by atoms with E-state index in [0.717, 1.165) is 16.7 Å². The van der Waals surface area contributed by atoms with Crippen molar-refractivity contribution in [3.05, 3.63) is 55.8 Å². The summed E-state index contributed by atoms with van der Waals surface area (Å²) >= 11 is 0. The Morgan fingerprint density at radius 2 is 1.80 bits per heavy atom. The molecule has 1 rings (SSSR count). The Balaban J connectivity index is 3.06. The molecule has 15 heavy (non-hydrogen) atoms. The largest absolute Gasteiger partial charge is 0.0893 e. The molecule has 0 radical (unpaired) electrons. The maximum absolute atomic E-state index is 8.26. The SMILES string of the molecule is Cc1cccc(CN=[N+]=[N-])c1CN=[N+]=[N-]. The van der Waals surface area contributed by atoms with Crippen molar-refractivity contribution in [3.8, 4) is 0 Å². The minimum atomic E-state index is 0.286. The first-order valence-electron chi connectivity index (χ1n) is 4.38. The van der Waals surface area contributed by atoms with E-state index in [1.165, 1.54) is 0 Å². The fraction of sp³-hybridized carbons (Fsp3) is 0.333. The Morgan fingerprint density at radius 1 is 1.13 bits per heavy atom. The lowest BCUT2D eigenvalue weighted by Gasteiger charge is -2.07. The molecule has 0 spiro atoms. The van der Waals surface area contributed by atoms with E-state index < -0.39 is 0 Å². The molecule has 0 aliphatic rings. The second-order valence-electron chi connectivity index (χ2n) is 2.99. The highest BCUT2D eigenvalue weighted by Crippen LogP contribution is 2.16. The van der Waals surface area contributed by atoms with Crippen molar-refractivity contribution in [2.45, 2.75) is 20.0 Å². The van der Waals surface area contributed by atoms with Gasteiger partial charge in [0, 0.05) is 9.82 Å². The van der Waals surface area contributed by atoms with Crippen LogP contribution in [0.3, 0.4) is 0 Å². The molecule has 0 unspecified atom stereocenters. The van der Waals surface area contributed by atoms with Crippen LogP contribution in [0.15, 0.2) is 28.4 Å². The van der Waals surface area contributed by atoms with Crippen molar-refractivity contribution in [1.82, 2.24) is 0 Å². The van der Waals surface area contributed by atoms with Crippen LogP contribution in [-0.4, -0.2) is 0 Å². The molecule has 0 fully saturated rings. The molecule has 76 valence electrons. The standard InChI is InChI=1S/C9H10N6/c1-7-3-2-4-8(5-12-14-10)9(7)6-13-15-11/h2-4H,5-6H2,1H3. The number of aryl methyl sites for hydroxylation is 1. The maximum atomic E-state index is 8.26. The summed E-state index contributed by atoms with van der Waals surface area (Å²) in [4.78, 5) is 5.42. The van der Waals surface area contributed by atoms with Crippen LogP contribution in [0.4, 0.5) is 0 Å². The Kier molecular flexibility index (Phi) is 4.04. The van der Waals surface area contributed by atoms with Gasteiger partial charge in [0.15, 0.2) is 0 Å². The van der Waals surface area contributed by atoms with Crippen LogP contribution in [0, 0.1) is 6.92 Å². The minimum absolute atomic E-state index is 0.286. The van der Waals surface area contributed by atoms with Gasteiger partial charge in [-0.15, -0.1) is 0 Å². The number of hydrogen-bond donors (Lipinski definition) is 0. The zero-order valence-corrected chi connectivity index (χ0v) is 8.33. The van der Waals surface area contributed by atoms with Crippen molar-refractivity contribution in [1.29, 1.82) is 0 Å². The van der Waals surface area contributed by atoms with Gasteiger partial charge in [0.1, 0.15) is 0 Å². The molecular weight excluding hydrogens is 192 g/mol. The summed E-state index contributed by atoms with van der Waals surface area (Å²) in [6.07, 6.45) is 0. The lowest BCUT2D eigenvalue weighted by Crippen LogP contribution is -1.94. The van der Waals surface area contributed by atoms with Crippen LogP contribution in [0.2, 0.25) is 0 Å². The molecule has 0 atom stereocenters. The first kappa shape index (κ1) is 10.9. The molecule has 0 amide bonds.